The van der Waals surface area contributed by atoms with Gasteiger partial charge in [0.05, 0.1) is 24.6 Å². The summed E-state index contributed by atoms with van der Waals surface area (Å²) in [5.74, 6) is -3.59. The number of likely N-dealkylation sites (tertiary alicyclic amines) is 1. The van der Waals surface area contributed by atoms with Crippen LogP contribution in [0.2, 0.25) is 0 Å². The van der Waals surface area contributed by atoms with Crippen LogP contribution in [-0.4, -0.2) is 99.1 Å². The number of ether oxygens (including phenoxy) is 2. The lowest BCUT2D eigenvalue weighted by molar-refractivity contribution is -0.164. The third-order valence-electron chi connectivity index (χ3n) is 10.7. The fourth-order valence-electron chi connectivity index (χ4n) is 8.59. The Kier molecular flexibility index (Phi) is 10.6. The van der Waals surface area contributed by atoms with Gasteiger partial charge in [0, 0.05) is 30.0 Å². The van der Waals surface area contributed by atoms with Crippen molar-refractivity contribution < 1.29 is 33.8 Å². The molecule has 0 saturated carbocycles. The van der Waals surface area contributed by atoms with Crippen LogP contribution >= 0.6 is 15.9 Å². The van der Waals surface area contributed by atoms with Crippen LogP contribution in [0.15, 0.2) is 53.0 Å². The zero-order valence-corrected chi connectivity index (χ0v) is 31.6. The molecule has 3 amide bonds. The number of likely N-dealkylation sites (N-methyl/N-ethyl adjacent to an activating group) is 1. The summed E-state index contributed by atoms with van der Waals surface area (Å²) in [6, 6.07) is 6.95. The van der Waals surface area contributed by atoms with Gasteiger partial charge in [0.2, 0.25) is 17.7 Å². The maximum absolute atomic E-state index is 15.2. The van der Waals surface area contributed by atoms with Crippen LogP contribution in [0.4, 0.5) is 0 Å². The standard InChI is InChI=1S/C38H52BrN3O7/c1-9-25(21-43)42-32-34(46)41(37(6,7)22-36(3,4)5)19-15-11-14-18-27(44)40(8)23(2)30(24-16-12-10-13-17-24)48-35(47)28-29(33(42)45)38(32)20-26(39)31(28)49-38/h10-13,15-17,20,23,25,28-32,43H,9,14,18-19,21-22H2,1-8H3/b15-11-/t23-,25+,28+,29-,30+,31+,32+,38-/m1/s1. The van der Waals surface area contributed by atoms with E-state index in [-0.39, 0.29) is 36.8 Å². The summed E-state index contributed by atoms with van der Waals surface area (Å²) >= 11 is 3.63. The summed E-state index contributed by atoms with van der Waals surface area (Å²) in [7, 11) is 1.71. The van der Waals surface area contributed by atoms with Crippen LogP contribution in [0.3, 0.4) is 0 Å². The van der Waals surface area contributed by atoms with Gasteiger partial charge in [-0.1, -0.05) is 86.1 Å². The molecule has 268 valence electrons. The monoisotopic (exact) mass is 741 g/mol. The van der Waals surface area contributed by atoms with Gasteiger partial charge in [-0.25, -0.2) is 0 Å². The summed E-state index contributed by atoms with van der Waals surface area (Å²) in [5, 5.41) is 10.6. The van der Waals surface area contributed by atoms with Gasteiger partial charge in [0.15, 0.2) is 0 Å². The van der Waals surface area contributed by atoms with Gasteiger partial charge in [0.1, 0.15) is 29.8 Å². The number of carbonyl (C=O) groups is 4. The van der Waals surface area contributed by atoms with Crippen molar-refractivity contribution in [2.45, 2.75) is 116 Å². The van der Waals surface area contributed by atoms with Crippen molar-refractivity contribution >= 4 is 39.6 Å². The zero-order chi connectivity index (χ0) is 36.1. The molecule has 0 radical (unpaired) electrons. The molecule has 4 aliphatic heterocycles. The number of esters is 1. The van der Waals surface area contributed by atoms with Crippen molar-refractivity contribution in [1.29, 1.82) is 0 Å². The van der Waals surface area contributed by atoms with Gasteiger partial charge in [-0.15, -0.1) is 0 Å². The number of nitrogens with zero attached hydrogens (tertiary/aromatic N) is 3. The van der Waals surface area contributed by atoms with Crippen LogP contribution in [0.5, 0.6) is 0 Å². The first-order valence-electron chi connectivity index (χ1n) is 17.5. The Morgan fingerprint density at radius 1 is 1.02 bits per heavy atom. The number of fused-ring (bicyclic) bond motifs is 2. The van der Waals surface area contributed by atoms with Gasteiger partial charge in [-0.3, -0.25) is 19.2 Å². The molecule has 49 heavy (non-hydrogen) atoms. The lowest BCUT2D eigenvalue weighted by Gasteiger charge is -2.46. The van der Waals surface area contributed by atoms with Crippen LogP contribution in [0.1, 0.15) is 85.8 Å². The summed E-state index contributed by atoms with van der Waals surface area (Å²) in [5.41, 5.74) is -1.53. The molecule has 4 heterocycles. The molecule has 2 saturated heterocycles. The average Bonchev–Trinajstić information content (AvgIpc) is 3.63. The Labute approximate surface area is 299 Å². The number of benzene rings is 1. The number of hydrogen-bond acceptors (Lipinski definition) is 7. The van der Waals surface area contributed by atoms with Crippen molar-refractivity contribution in [3.05, 3.63) is 58.6 Å². The number of aliphatic hydroxyl groups is 1. The predicted octanol–water partition coefficient (Wildman–Crippen LogP) is 5.16. The van der Waals surface area contributed by atoms with E-state index in [1.54, 1.807) is 22.9 Å². The van der Waals surface area contributed by atoms with E-state index in [1.807, 2.05) is 70.2 Å². The zero-order valence-electron chi connectivity index (χ0n) is 30.0. The quantitative estimate of drug-likeness (QED) is 0.317. The molecule has 11 heteroatoms. The number of aliphatic hydroxyl groups excluding tert-OH is 1. The third-order valence-corrected chi connectivity index (χ3v) is 11.4. The summed E-state index contributed by atoms with van der Waals surface area (Å²) < 4.78 is 13.6. The maximum Gasteiger partial charge on any atom is 0.313 e. The number of carbonyl (C=O) groups excluding carboxylic acids is 4. The van der Waals surface area contributed by atoms with Crippen molar-refractivity contribution in [2.24, 2.45) is 17.3 Å². The van der Waals surface area contributed by atoms with Gasteiger partial charge in [0.25, 0.3) is 0 Å². The highest BCUT2D eigenvalue weighted by Crippen LogP contribution is 2.59. The normalized spacial score (nSPS) is 32.7. The van der Waals surface area contributed by atoms with Crippen molar-refractivity contribution in [1.82, 2.24) is 14.7 Å². The maximum atomic E-state index is 15.2. The van der Waals surface area contributed by atoms with E-state index in [9.17, 15) is 19.5 Å². The van der Waals surface area contributed by atoms with E-state index in [2.05, 4.69) is 36.7 Å². The second-order valence-electron chi connectivity index (χ2n) is 15.8. The second kappa shape index (κ2) is 13.9. The molecule has 0 unspecified atom stereocenters. The first-order valence-corrected chi connectivity index (χ1v) is 18.2. The molecule has 0 aliphatic carbocycles. The van der Waals surface area contributed by atoms with Gasteiger partial charge in [-0.2, -0.15) is 0 Å². The lowest BCUT2D eigenvalue weighted by Crippen LogP contribution is -2.62. The van der Waals surface area contributed by atoms with Crippen LogP contribution < -0.4 is 0 Å². The van der Waals surface area contributed by atoms with E-state index < -0.39 is 65.2 Å². The predicted molar refractivity (Wildman–Crippen MR) is 189 cm³/mol. The minimum atomic E-state index is -1.46. The summed E-state index contributed by atoms with van der Waals surface area (Å²) in [6.07, 6.45) is 5.72. The topological polar surface area (TPSA) is 117 Å². The molecule has 4 aliphatic rings. The van der Waals surface area contributed by atoms with E-state index in [1.165, 1.54) is 4.90 Å². The molecule has 1 spiro atoms. The van der Waals surface area contributed by atoms with Crippen molar-refractivity contribution in [2.75, 3.05) is 20.2 Å². The first-order chi connectivity index (χ1) is 23.0. The Morgan fingerprint density at radius 3 is 2.31 bits per heavy atom. The van der Waals surface area contributed by atoms with Crippen molar-refractivity contribution in [3.63, 3.8) is 0 Å². The third kappa shape index (κ3) is 6.75. The second-order valence-corrected chi connectivity index (χ2v) is 16.8. The van der Waals surface area contributed by atoms with E-state index in [4.69, 9.17) is 9.47 Å². The minimum Gasteiger partial charge on any atom is -0.455 e. The fraction of sp³-hybridized carbons (Fsp3) is 0.632. The fourth-order valence-corrected chi connectivity index (χ4v) is 9.33. The molecule has 1 aromatic rings. The molecule has 0 aromatic heterocycles. The summed E-state index contributed by atoms with van der Waals surface area (Å²) in [6.45, 7) is 14.0. The molecule has 8 atom stereocenters. The Bertz CT molecular complexity index is 1500. The number of cyclic esters (lactones) is 1. The molecular weight excluding hydrogens is 690 g/mol. The Hall–Kier alpha value is -3.02. The molecule has 2 fully saturated rings. The number of allylic oxidation sites excluding steroid dienone is 1. The largest absolute Gasteiger partial charge is 0.455 e. The molecular formula is C38H52BrN3O7. The number of amides is 3. The van der Waals surface area contributed by atoms with Gasteiger partial charge >= 0.3 is 5.97 Å². The highest BCUT2D eigenvalue weighted by molar-refractivity contribution is 9.11. The molecule has 1 aromatic carbocycles. The molecule has 1 N–H and O–H groups in total. The smallest absolute Gasteiger partial charge is 0.313 e. The lowest BCUT2D eigenvalue weighted by atomic mass is 9.74. The molecule has 10 nitrogen and oxygen atoms in total. The Balaban J connectivity index is 1.68. The highest BCUT2D eigenvalue weighted by Gasteiger charge is 2.75. The Morgan fingerprint density at radius 2 is 1.69 bits per heavy atom. The SMILES string of the molecule is CC[C@@H](CO)N1C(=O)[C@H]2[C@@H]3C(=O)O[C@H](c4ccccc4)[C@@H](C)N(C)C(=O)CC/C=C\CN(C(C)(C)CC(C)(C)C)C(=O)[C@H]1[C@@]21C=C(Br)[C@@H]3O1. The van der Waals surface area contributed by atoms with Gasteiger partial charge in [-0.05, 0) is 57.1 Å². The van der Waals surface area contributed by atoms with Crippen LogP contribution in [-0.2, 0) is 28.7 Å². The number of halogens is 1. The highest BCUT2D eigenvalue weighted by atomic mass is 79.9. The van der Waals surface area contributed by atoms with Crippen LogP contribution in [0.25, 0.3) is 0 Å². The minimum absolute atomic E-state index is 0.105. The first kappa shape index (κ1) is 37.2. The molecule has 5 rings (SSSR count). The number of hydrogen-bond donors (Lipinski definition) is 1. The summed E-state index contributed by atoms with van der Waals surface area (Å²) in [4.78, 5) is 62.8. The van der Waals surface area contributed by atoms with Gasteiger partial charge < -0.3 is 29.3 Å². The number of rotatable bonds is 6. The van der Waals surface area contributed by atoms with Crippen molar-refractivity contribution in [3.8, 4) is 0 Å². The molecule has 5 bridgehead atoms. The van der Waals surface area contributed by atoms with E-state index >= 15 is 4.79 Å². The average molecular weight is 743 g/mol. The van der Waals surface area contributed by atoms with E-state index in [0.717, 1.165) is 0 Å². The van der Waals surface area contributed by atoms with Crippen LogP contribution in [0, 0.1) is 17.3 Å². The van der Waals surface area contributed by atoms with E-state index in [0.29, 0.717) is 29.3 Å².